The van der Waals surface area contributed by atoms with Gasteiger partial charge in [0.25, 0.3) is 6.43 Å². The van der Waals surface area contributed by atoms with Gasteiger partial charge in [-0.15, -0.1) is 6.42 Å². The summed E-state index contributed by atoms with van der Waals surface area (Å²) in [4.78, 5) is 9.90. The molecule has 0 bridgehead atoms. The minimum absolute atomic E-state index is 0.0482. The Bertz CT molecular complexity index is 1040. The van der Waals surface area contributed by atoms with Gasteiger partial charge in [0.05, 0.1) is 17.9 Å². The molecule has 30 heavy (non-hydrogen) atoms. The number of hydrogen-bond acceptors (Lipinski definition) is 4. The van der Waals surface area contributed by atoms with E-state index in [0.717, 1.165) is 6.07 Å². The van der Waals surface area contributed by atoms with Crippen LogP contribution in [0.4, 0.5) is 27.6 Å². The molecule has 0 N–H and O–H groups in total. The maximum absolute atomic E-state index is 15.2. The number of fused-ring (bicyclic) bond motifs is 1. The van der Waals surface area contributed by atoms with Crippen LogP contribution in [0.1, 0.15) is 42.7 Å². The van der Waals surface area contributed by atoms with Crippen molar-refractivity contribution in [3.63, 3.8) is 0 Å². The van der Waals surface area contributed by atoms with Crippen molar-refractivity contribution in [2.75, 3.05) is 11.4 Å². The molecular formula is C21H18F5N3O. The number of hydrogen-bond donors (Lipinski definition) is 0. The summed E-state index contributed by atoms with van der Waals surface area (Å²) in [7, 11) is 0. The number of anilines is 1. The van der Waals surface area contributed by atoms with Gasteiger partial charge in [-0.1, -0.05) is 5.92 Å². The second kappa shape index (κ2) is 7.94. The number of benzene rings is 1. The maximum atomic E-state index is 15.2. The van der Waals surface area contributed by atoms with E-state index in [1.165, 1.54) is 30.2 Å². The summed E-state index contributed by atoms with van der Waals surface area (Å²) < 4.78 is 71.0. The highest BCUT2D eigenvalue weighted by Gasteiger charge is 2.37. The summed E-state index contributed by atoms with van der Waals surface area (Å²) in [6, 6.07) is 3.92. The lowest BCUT2D eigenvalue weighted by Crippen LogP contribution is -2.47. The van der Waals surface area contributed by atoms with E-state index in [0.29, 0.717) is 5.56 Å². The van der Waals surface area contributed by atoms with Crippen LogP contribution in [0.2, 0.25) is 0 Å². The molecule has 158 valence electrons. The summed E-state index contributed by atoms with van der Waals surface area (Å²) >= 11 is 0. The zero-order valence-corrected chi connectivity index (χ0v) is 16.4. The van der Waals surface area contributed by atoms with E-state index < -0.39 is 30.3 Å². The van der Waals surface area contributed by atoms with Gasteiger partial charge in [0.15, 0.2) is 11.6 Å². The number of rotatable bonds is 5. The van der Waals surface area contributed by atoms with Crippen LogP contribution >= 0.6 is 0 Å². The first-order valence-corrected chi connectivity index (χ1v) is 8.90. The molecule has 1 aliphatic rings. The number of alkyl halides is 4. The van der Waals surface area contributed by atoms with Crippen LogP contribution in [0.5, 0.6) is 5.75 Å². The fraction of sp³-hybridized carbons (Fsp3) is 0.333. The van der Waals surface area contributed by atoms with E-state index in [1.54, 1.807) is 13.8 Å². The molecule has 0 saturated carbocycles. The summed E-state index contributed by atoms with van der Waals surface area (Å²) in [5.41, 5.74) is -0.319. The van der Waals surface area contributed by atoms with Crippen molar-refractivity contribution in [2.45, 2.75) is 39.5 Å². The van der Waals surface area contributed by atoms with Crippen LogP contribution in [0.25, 0.3) is 0 Å². The second-order valence-electron chi connectivity index (χ2n) is 7.12. The molecule has 4 nitrogen and oxygen atoms in total. The molecule has 0 saturated heterocycles. The van der Waals surface area contributed by atoms with E-state index >= 15 is 4.39 Å². The largest absolute Gasteiger partial charge is 0.432 e. The predicted molar refractivity (Wildman–Crippen MR) is 103 cm³/mol. The smallest absolute Gasteiger partial charge is 0.387 e. The quantitative estimate of drug-likeness (QED) is 0.496. The third kappa shape index (κ3) is 3.82. The third-order valence-corrected chi connectivity index (χ3v) is 4.72. The molecule has 1 aromatic carbocycles. The topological polar surface area (TPSA) is 37.7 Å². The maximum Gasteiger partial charge on any atom is 0.387 e. The highest BCUT2D eigenvalue weighted by atomic mass is 19.3. The number of ether oxygens (including phenoxy) is 1. The molecule has 2 heterocycles. The first-order chi connectivity index (χ1) is 14.1. The first-order valence-electron chi connectivity index (χ1n) is 8.90. The minimum atomic E-state index is -3.21. The highest BCUT2D eigenvalue weighted by Crippen LogP contribution is 2.41. The Labute approximate surface area is 170 Å². The molecular weight excluding hydrogens is 405 g/mol. The van der Waals surface area contributed by atoms with Crippen molar-refractivity contribution >= 4 is 11.4 Å². The number of aryl methyl sites for hydroxylation is 1. The van der Waals surface area contributed by atoms with Gasteiger partial charge in [0.2, 0.25) is 0 Å². The predicted octanol–water partition coefficient (Wildman–Crippen LogP) is 5.09. The van der Waals surface area contributed by atoms with Crippen LogP contribution in [0, 0.1) is 25.1 Å². The van der Waals surface area contributed by atoms with Crippen molar-refractivity contribution in [1.82, 2.24) is 4.98 Å². The Balaban J connectivity index is 2.24. The van der Waals surface area contributed by atoms with Gasteiger partial charge in [-0.3, -0.25) is 9.98 Å². The second-order valence-corrected chi connectivity index (χ2v) is 7.12. The highest BCUT2D eigenvalue weighted by molar-refractivity contribution is 6.17. The Hall–Kier alpha value is -3.15. The number of nitrogens with zero attached hydrogens (tertiary/aromatic N) is 3. The fourth-order valence-corrected chi connectivity index (χ4v) is 3.38. The molecule has 0 amide bonds. The normalized spacial score (nSPS) is 15.1. The van der Waals surface area contributed by atoms with E-state index in [2.05, 4.69) is 20.6 Å². The van der Waals surface area contributed by atoms with Gasteiger partial charge in [0.1, 0.15) is 11.4 Å². The van der Waals surface area contributed by atoms with Crippen LogP contribution in [-0.4, -0.2) is 29.5 Å². The van der Waals surface area contributed by atoms with Crippen LogP contribution in [-0.2, 0) is 0 Å². The van der Waals surface area contributed by atoms with Crippen LogP contribution in [0.3, 0.4) is 0 Å². The molecule has 0 atom stereocenters. The summed E-state index contributed by atoms with van der Waals surface area (Å²) in [5.74, 6) is 0.760. The zero-order valence-electron chi connectivity index (χ0n) is 16.4. The Kier molecular flexibility index (Phi) is 5.70. The van der Waals surface area contributed by atoms with E-state index in [-0.39, 0.29) is 34.8 Å². The molecule has 0 radical (unpaired) electrons. The SMILES string of the molecule is C#CCN1c2c(ccc(OC(F)F)c2F)C(c2cnc(C(F)F)c(C)c2)=NC1(C)C. The van der Waals surface area contributed by atoms with Crippen molar-refractivity contribution in [3.05, 3.63) is 52.6 Å². The molecule has 0 aliphatic carbocycles. The van der Waals surface area contributed by atoms with E-state index in [4.69, 9.17) is 6.42 Å². The molecule has 0 spiro atoms. The lowest BCUT2D eigenvalue weighted by Gasteiger charge is -2.41. The van der Waals surface area contributed by atoms with Crippen molar-refractivity contribution < 1.29 is 26.7 Å². The van der Waals surface area contributed by atoms with Gasteiger partial charge < -0.3 is 9.64 Å². The monoisotopic (exact) mass is 423 g/mol. The number of halogens is 5. The molecule has 0 fully saturated rings. The lowest BCUT2D eigenvalue weighted by molar-refractivity contribution is -0.0521. The van der Waals surface area contributed by atoms with Crippen LogP contribution in [0.15, 0.2) is 29.4 Å². The number of aliphatic imine (C=N–C) groups is 1. The van der Waals surface area contributed by atoms with Crippen molar-refractivity contribution in [1.29, 1.82) is 0 Å². The standard InChI is InChI=1S/C21H18F5N3O/c1-5-8-29-18-13(6-7-14(15(18)22)30-20(25)26)17(28-21(29,3)4)12-9-11(2)16(19(23)24)27-10-12/h1,6-7,9-10,19-20H,8H2,2-4H3. The molecule has 0 unspecified atom stereocenters. The molecule has 9 heteroatoms. The zero-order chi connectivity index (χ0) is 22.2. The van der Waals surface area contributed by atoms with E-state index in [1.807, 2.05) is 0 Å². The van der Waals surface area contributed by atoms with Gasteiger partial charge in [0, 0.05) is 17.3 Å². The number of terminal acetylenes is 1. The van der Waals surface area contributed by atoms with Crippen molar-refractivity contribution in [3.8, 4) is 18.1 Å². The average Bonchev–Trinajstić information content (AvgIpc) is 2.65. The third-order valence-electron chi connectivity index (χ3n) is 4.72. The van der Waals surface area contributed by atoms with Gasteiger partial charge in [-0.25, -0.2) is 13.2 Å². The molecule has 2 aromatic rings. The average molecular weight is 423 g/mol. The molecule has 3 rings (SSSR count). The Morgan fingerprint density at radius 2 is 1.93 bits per heavy atom. The minimum Gasteiger partial charge on any atom is -0.432 e. The molecule has 1 aliphatic heterocycles. The number of aromatic nitrogens is 1. The fourth-order valence-electron chi connectivity index (χ4n) is 3.38. The lowest BCUT2D eigenvalue weighted by atomic mass is 9.94. The molecule has 1 aromatic heterocycles. The Morgan fingerprint density at radius 3 is 2.50 bits per heavy atom. The number of pyridine rings is 1. The van der Waals surface area contributed by atoms with Gasteiger partial charge in [-0.2, -0.15) is 8.78 Å². The van der Waals surface area contributed by atoms with Gasteiger partial charge >= 0.3 is 6.61 Å². The Morgan fingerprint density at radius 1 is 1.23 bits per heavy atom. The summed E-state index contributed by atoms with van der Waals surface area (Å²) in [5, 5.41) is 0. The summed E-state index contributed by atoms with van der Waals surface area (Å²) in [6.07, 6.45) is 3.91. The first kappa shape index (κ1) is 21.6. The summed E-state index contributed by atoms with van der Waals surface area (Å²) in [6.45, 7) is 1.56. The van der Waals surface area contributed by atoms with E-state index in [9.17, 15) is 17.6 Å². The van der Waals surface area contributed by atoms with Crippen LogP contribution < -0.4 is 9.64 Å². The van der Waals surface area contributed by atoms with Crippen molar-refractivity contribution in [2.24, 2.45) is 4.99 Å². The van der Waals surface area contributed by atoms with Gasteiger partial charge in [-0.05, 0) is 44.5 Å².